The van der Waals surface area contributed by atoms with E-state index in [4.69, 9.17) is 4.74 Å². The Hall–Kier alpha value is -1.83. The van der Waals surface area contributed by atoms with E-state index in [-0.39, 0.29) is 11.4 Å². The highest BCUT2D eigenvalue weighted by Gasteiger charge is 2.45. The van der Waals surface area contributed by atoms with E-state index in [2.05, 4.69) is 43.3 Å². The van der Waals surface area contributed by atoms with Gasteiger partial charge in [-0.15, -0.1) is 0 Å². The molecule has 1 saturated carbocycles. The van der Waals surface area contributed by atoms with Gasteiger partial charge in [-0.25, -0.2) is 0 Å². The first kappa shape index (κ1) is 13.2. The molecule has 1 aliphatic carbocycles. The van der Waals surface area contributed by atoms with E-state index in [0.717, 1.165) is 25.7 Å². The summed E-state index contributed by atoms with van der Waals surface area (Å²) in [5.41, 5.74) is 2.23. The van der Waals surface area contributed by atoms with Gasteiger partial charge in [0, 0.05) is 0 Å². The van der Waals surface area contributed by atoms with Gasteiger partial charge in [0.15, 0.2) is 0 Å². The van der Waals surface area contributed by atoms with Crippen LogP contribution in [0.1, 0.15) is 30.4 Å². The molecule has 1 aliphatic rings. The monoisotopic (exact) mass is 268 g/mol. The lowest BCUT2D eigenvalue weighted by Crippen LogP contribution is -2.40. The van der Waals surface area contributed by atoms with Crippen LogP contribution in [-0.4, -0.2) is 13.1 Å². The zero-order valence-corrected chi connectivity index (χ0v) is 12.1. The summed E-state index contributed by atoms with van der Waals surface area (Å²) < 4.78 is 4.99. The number of hydrogen-bond acceptors (Lipinski definition) is 2. The smallest absolute Gasteiger partial charge is 0.312 e. The van der Waals surface area contributed by atoms with Crippen LogP contribution in [0.4, 0.5) is 0 Å². The average molecular weight is 268 g/mol. The van der Waals surface area contributed by atoms with Crippen molar-refractivity contribution < 1.29 is 9.53 Å². The molecule has 20 heavy (non-hydrogen) atoms. The highest BCUT2D eigenvalue weighted by Crippen LogP contribution is 2.44. The number of benzene rings is 2. The lowest BCUT2D eigenvalue weighted by Gasteiger charge is -2.39. The minimum atomic E-state index is -0.271. The van der Waals surface area contributed by atoms with E-state index >= 15 is 0 Å². The van der Waals surface area contributed by atoms with Crippen molar-refractivity contribution in [1.29, 1.82) is 0 Å². The summed E-state index contributed by atoms with van der Waals surface area (Å²) in [7, 11) is 1.49. The fourth-order valence-electron chi connectivity index (χ4n) is 3.19. The number of carbonyl (C=O) groups is 1. The van der Waals surface area contributed by atoms with Crippen LogP contribution in [0, 0.1) is 12.3 Å². The first-order valence-electron chi connectivity index (χ1n) is 7.21. The zero-order chi connectivity index (χ0) is 14.2. The molecule has 3 rings (SSSR count). The normalized spacial score (nSPS) is 16.7. The van der Waals surface area contributed by atoms with E-state index < -0.39 is 0 Å². The van der Waals surface area contributed by atoms with Gasteiger partial charge in [0.1, 0.15) is 0 Å². The van der Waals surface area contributed by atoms with Gasteiger partial charge in [-0.1, -0.05) is 48.4 Å². The summed E-state index contributed by atoms with van der Waals surface area (Å²) in [6, 6.07) is 13.0. The van der Waals surface area contributed by atoms with Crippen LogP contribution >= 0.6 is 0 Å². The van der Waals surface area contributed by atoms with Gasteiger partial charge in [-0.2, -0.15) is 0 Å². The molecule has 1 fully saturated rings. The quantitative estimate of drug-likeness (QED) is 0.785. The van der Waals surface area contributed by atoms with Gasteiger partial charge in [0.05, 0.1) is 12.5 Å². The third kappa shape index (κ3) is 2.20. The first-order chi connectivity index (χ1) is 9.63. The van der Waals surface area contributed by atoms with Crippen LogP contribution < -0.4 is 0 Å². The largest absolute Gasteiger partial charge is 0.469 e. The van der Waals surface area contributed by atoms with Crippen LogP contribution in [0.2, 0.25) is 0 Å². The Bertz CT molecular complexity index is 654. The number of hydrogen-bond donors (Lipinski definition) is 0. The molecule has 0 spiro atoms. The predicted octanol–water partition coefficient (Wildman–Crippen LogP) is 4.03. The van der Waals surface area contributed by atoms with Crippen molar-refractivity contribution in [3.8, 4) is 0 Å². The number of esters is 1. The number of methoxy groups -OCH3 is 1. The van der Waals surface area contributed by atoms with E-state index in [1.807, 2.05) is 0 Å². The lowest BCUT2D eigenvalue weighted by atomic mass is 9.65. The zero-order valence-electron chi connectivity index (χ0n) is 12.1. The van der Waals surface area contributed by atoms with Crippen LogP contribution in [-0.2, 0) is 16.0 Å². The fourth-order valence-corrected chi connectivity index (χ4v) is 3.19. The third-order valence-electron chi connectivity index (χ3n) is 4.53. The fraction of sp³-hybridized carbons (Fsp3) is 0.389. The average Bonchev–Trinajstić information content (AvgIpc) is 2.42. The molecule has 0 aliphatic heterocycles. The molecule has 0 aromatic heterocycles. The molecule has 2 aromatic rings. The Labute approximate surface area is 119 Å². The Balaban J connectivity index is 1.91. The maximum absolute atomic E-state index is 12.0. The van der Waals surface area contributed by atoms with Crippen molar-refractivity contribution in [1.82, 2.24) is 0 Å². The van der Waals surface area contributed by atoms with Crippen molar-refractivity contribution in [3.05, 3.63) is 47.5 Å². The van der Waals surface area contributed by atoms with Crippen molar-refractivity contribution in [2.24, 2.45) is 5.41 Å². The summed E-state index contributed by atoms with van der Waals surface area (Å²) >= 11 is 0. The number of fused-ring (bicyclic) bond motifs is 1. The molecule has 0 atom stereocenters. The Morgan fingerprint density at radius 3 is 2.50 bits per heavy atom. The molecule has 0 saturated heterocycles. The van der Waals surface area contributed by atoms with E-state index in [0.29, 0.717) is 0 Å². The summed E-state index contributed by atoms with van der Waals surface area (Å²) in [5.74, 6) is -0.0484. The van der Waals surface area contributed by atoms with Crippen molar-refractivity contribution in [2.45, 2.75) is 32.6 Å². The number of ether oxygens (including phenoxy) is 1. The Morgan fingerprint density at radius 1 is 1.15 bits per heavy atom. The van der Waals surface area contributed by atoms with Crippen molar-refractivity contribution in [2.75, 3.05) is 7.11 Å². The summed E-state index contributed by atoms with van der Waals surface area (Å²) in [5, 5.41) is 2.50. The molecule has 2 heteroatoms. The highest BCUT2D eigenvalue weighted by molar-refractivity contribution is 5.84. The maximum atomic E-state index is 12.0. The second kappa shape index (κ2) is 4.93. The number of carbonyl (C=O) groups excluding carboxylic acids is 1. The molecule has 2 aromatic carbocycles. The first-order valence-corrected chi connectivity index (χ1v) is 7.21. The molecular weight excluding hydrogens is 248 g/mol. The van der Waals surface area contributed by atoms with Gasteiger partial charge >= 0.3 is 5.97 Å². The molecule has 2 nitrogen and oxygen atoms in total. The summed E-state index contributed by atoms with van der Waals surface area (Å²) in [6.07, 6.45) is 3.82. The molecular formula is C18H20O2. The minimum absolute atomic E-state index is 0.0484. The van der Waals surface area contributed by atoms with E-state index in [1.165, 1.54) is 29.0 Å². The predicted molar refractivity (Wildman–Crippen MR) is 80.7 cm³/mol. The molecule has 0 N–H and O–H groups in total. The highest BCUT2D eigenvalue weighted by atomic mass is 16.5. The van der Waals surface area contributed by atoms with Gasteiger partial charge in [-0.3, -0.25) is 4.79 Å². The molecule has 0 radical (unpaired) electrons. The minimum Gasteiger partial charge on any atom is -0.469 e. The molecule has 0 unspecified atom stereocenters. The van der Waals surface area contributed by atoms with Crippen LogP contribution in [0.15, 0.2) is 36.4 Å². The Kier molecular flexibility index (Phi) is 3.25. The van der Waals surface area contributed by atoms with Crippen LogP contribution in [0.5, 0.6) is 0 Å². The van der Waals surface area contributed by atoms with Gasteiger partial charge < -0.3 is 4.74 Å². The van der Waals surface area contributed by atoms with Gasteiger partial charge in [-0.05, 0) is 42.5 Å². The second-order valence-electron chi connectivity index (χ2n) is 5.99. The molecule has 104 valence electrons. The van der Waals surface area contributed by atoms with Gasteiger partial charge in [0.25, 0.3) is 0 Å². The van der Waals surface area contributed by atoms with Crippen molar-refractivity contribution in [3.63, 3.8) is 0 Å². The SMILES string of the molecule is COC(=O)C1(Cc2ccc3cc(C)ccc3c2)CCC1. The molecule has 0 bridgehead atoms. The third-order valence-corrected chi connectivity index (χ3v) is 4.53. The number of aryl methyl sites for hydroxylation is 1. The standard InChI is InChI=1S/C18H20O2/c1-13-4-6-16-11-14(5-7-15(16)10-13)12-18(8-3-9-18)17(19)20-2/h4-7,10-11H,3,8-9,12H2,1-2H3. The summed E-state index contributed by atoms with van der Waals surface area (Å²) in [4.78, 5) is 12.0. The lowest BCUT2D eigenvalue weighted by molar-refractivity contribution is -0.158. The van der Waals surface area contributed by atoms with E-state index in [9.17, 15) is 4.79 Å². The topological polar surface area (TPSA) is 26.3 Å². The summed E-state index contributed by atoms with van der Waals surface area (Å²) in [6.45, 7) is 2.11. The molecule has 0 amide bonds. The Morgan fingerprint density at radius 2 is 1.85 bits per heavy atom. The van der Waals surface area contributed by atoms with Crippen LogP contribution in [0.3, 0.4) is 0 Å². The van der Waals surface area contributed by atoms with Crippen LogP contribution in [0.25, 0.3) is 10.8 Å². The molecule has 0 heterocycles. The van der Waals surface area contributed by atoms with Crippen molar-refractivity contribution >= 4 is 16.7 Å². The van der Waals surface area contributed by atoms with Gasteiger partial charge in [0.2, 0.25) is 0 Å². The van der Waals surface area contributed by atoms with E-state index in [1.54, 1.807) is 0 Å². The second-order valence-corrected chi connectivity index (χ2v) is 5.99. The maximum Gasteiger partial charge on any atom is 0.312 e. The number of rotatable bonds is 3.